The summed E-state index contributed by atoms with van der Waals surface area (Å²) < 4.78 is 46.7. The van der Waals surface area contributed by atoms with Crippen LogP contribution in [0.3, 0.4) is 0 Å². The summed E-state index contributed by atoms with van der Waals surface area (Å²) in [5.74, 6) is 0.815. The maximum atomic E-state index is 13.8. The van der Waals surface area contributed by atoms with Gasteiger partial charge in [0.15, 0.2) is 0 Å². The Labute approximate surface area is 197 Å². The Kier molecular flexibility index (Phi) is 6.62. The van der Waals surface area contributed by atoms with E-state index in [2.05, 4.69) is 19.5 Å². The van der Waals surface area contributed by atoms with E-state index in [1.807, 2.05) is 24.3 Å². The van der Waals surface area contributed by atoms with E-state index in [0.29, 0.717) is 29.5 Å². The van der Waals surface area contributed by atoms with Gasteiger partial charge in [-0.1, -0.05) is 23.7 Å². The number of pyridine rings is 1. The predicted octanol–water partition coefficient (Wildman–Crippen LogP) is 4.32. The van der Waals surface area contributed by atoms with Crippen LogP contribution in [0.1, 0.15) is 5.56 Å². The molecule has 0 saturated carbocycles. The Morgan fingerprint density at radius 1 is 1.06 bits per heavy atom. The summed E-state index contributed by atoms with van der Waals surface area (Å²) in [7, 11) is -2.32. The van der Waals surface area contributed by atoms with Crippen LogP contribution < -0.4 is 19.3 Å². The number of nitrogens with zero attached hydrogens (tertiary/aromatic N) is 3. The minimum atomic E-state index is -3.97. The lowest BCUT2D eigenvalue weighted by atomic mass is 10.2. The van der Waals surface area contributed by atoms with Crippen molar-refractivity contribution in [2.45, 2.75) is 11.8 Å². The minimum absolute atomic E-state index is 0.167. The van der Waals surface area contributed by atoms with E-state index in [4.69, 9.17) is 16.3 Å². The molecule has 0 spiro atoms. The minimum Gasteiger partial charge on any atom is -0.497 e. The molecule has 0 aliphatic carbocycles. The highest BCUT2D eigenvalue weighted by atomic mass is 35.5. The number of nitrogens with one attached hydrogen (secondary N) is 1. The molecule has 4 rings (SSSR count). The molecular formula is C23H24ClFN4O3S. The second kappa shape index (κ2) is 9.44. The number of anilines is 3. The van der Waals surface area contributed by atoms with E-state index in [1.165, 1.54) is 24.4 Å². The summed E-state index contributed by atoms with van der Waals surface area (Å²) >= 11 is 6.45. The SMILES string of the molecule is COc1cccc(N2CCN(c3ncc(NS(=O)(=O)c4ccc(C)c(F)c4)cc3Cl)CC2)c1. The molecule has 1 aromatic heterocycles. The molecule has 0 atom stereocenters. The van der Waals surface area contributed by atoms with Crippen LogP contribution in [0, 0.1) is 12.7 Å². The van der Waals surface area contributed by atoms with Gasteiger partial charge >= 0.3 is 0 Å². The summed E-state index contributed by atoms with van der Waals surface area (Å²) in [5.41, 5.74) is 1.67. The van der Waals surface area contributed by atoms with Gasteiger partial charge in [0, 0.05) is 37.9 Å². The average Bonchev–Trinajstić information content (AvgIpc) is 2.81. The van der Waals surface area contributed by atoms with E-state index in [9.17, 15) is 12.8 Å². The van der Waals surface area contributed by atoms with Crippen LogP contribution in [0.25, 0.3) is 0 Å². The fraction of sp³-hybridized carbons (Fsp3) is 0.261. The number of piperazine rings is 1. The molecule has 1 N–H and O–H groups in total. The lowest BCUT2D eigenvalue weighted by molar-refractivity contribution is 0.414. The first-order valence-corrected chi connectivity index (χ1v) is 12.2. The van der Waals surface area contributed by atoms with Crippen LogP contribution in [-0.2, 0) is 10.0 Å². The van der Waals surface area contributed by atoms with Crippen molar-refractivity contribution >= 4 is 38.8 Å². The molecule has 10 heteroatoms. The van der Waals surface area contributed by atoms with Crippen molar-refractivity contribution in [3.63, 3.8) is 0 Å². The topological polar surface area (TPSA) is 74.8 Å². The standard InChI is InChI=1S/C23H24ClFN4O3S/c1-16-6-7-20(14-22(16)25)33(30,31)27-17-12-21(24)23(26-15-17)29-10-8-28(9-11-29)18-4-3-5-19(13-18)32-2/h3-7,12-15,27H,8-11H2,1-2H3. The van der Waals surface area contributed by atoms with Crippen LogP contribution >= 0.6 is 11.6 Å². The van der Waals surface area contributed by atoms with Crippen molar-refractivity contribution in [2.24, 2.45) is 0 Å². The van der Waals surface area contributed by atoms with Crippen LogP contribution in [0.4, 0.5) is 21.6 Å². The van der Waals surface area contributed by atoms with Crippen molar-refractivity contribution in [3.05, 3.63) is 71.1 Å². The number of ether oxygens (including phenoxy) is 1. The molecule has 7 nitrogen and oxygen atoms in total. The maximum absolute atomic E-state index is 13.8. The molecule has 0 amide bonds. The van der Waals surface area contributed by atoms with Gasteiger partial charge in [-0.3, -0.25) is 4.72 Å². The number of hydrogen-bond acceptors (Lipinski definition) is 6. The molecule has 0 radical (unpaired) electrons. The molecule has 1 aliphatic rings. The lowest BCUT2D eigenvalue weighted by Crippen LogP contribution is -2.47. The summed E-state index contributed by atoms with van der Waals surface area (Å²) in [5, 5.41) is 0.333. The van der Waals surface area contributed by atoms with Crippen molar-refractivity contribution in [2.75, 3.05) is 47.8 Å². The number of rotatable bonds is 6. The molecule has 1 aliphatic heterocycles. The van der Waals surface area contributed by atoms with Crippen molar-refractivity contribution in [1.82, 2.24) is 4.98 Å². The quantitative estimate of drug-likeness (QED) is 0.554. The number of aromatic nitrogens is 1. The Hall–Kier alpha value is -3.04. The fourth-order valence-electron chi connectivity index (χ4n) is 3.66. The molecule has 1 saturated heterocycles. The first kappa shape index (κ1) is 23.1. The van der Waals surface area contributed by atoms with Crippen molar-refractivity contribution in [3.8, 4) is 5.75 Å². The van der Waals surface area contributed by atoms with Gasteiger partial charge in [0.1, 0.15) is 17.4 Å². The monoisotopic (exact) mass is 490 g/mol. The van der Waals surface area contributed by atoms with Gasteiger partial charge in [0.2, 0.25) is 0 Å². The second-order valence-electron chi connectivity index (χ2n) is 7.72. The zero-order chi connectivity index (χ0) is 23.6. The van der Waals surface area contributed by atoms with Gasteiger partial charge in [0.05, 0.1) is 28.9 Å². The molecule has 174 valence electrons. The lowest BCUT2D eigenvalue weighted by Gasteiger charge is -2.37. The van der Waals surface area contributed by atoms with Gasteiger partial charge in [-0.15, -0.1) is 0 Å². The third kappa shape index (κ3) is 5.15. The number of benzene rings is 2. The second-order valence-corrected chi connectivity index (χ2v) is 9.81. The zero-order valence-electron chi connectivity index (χ0n) is 18.3. The van der Waals surface area contributed by atoms with E-state index in [1.54, 1.807) is 14.0 Å². The predicted molar refractivity (Wildman–Crippen MR) is 129 cm³/mol. The third-order valence-electron chi connectivity index (χ3n) is 5.53. The van der Waals surface area contributed by atoms with Crippen LogP contribution in [-0.4, -0.2) is 46.7 Å². The number of sulfonamides is 1. The molecule has 0 bridgehead atoms. The van der Waals surface area contributed by atoms with Crippen LogP contribution in [0.15, 0.2) is 59.6 Å². The van der Waals surface area contributed by atoms with E-state index in [0.717, 1.165) is 30.6 Å². The van der Waals surface area contributed by atoms with Gasteiger partial charge in [-0.25, -0.2) is 17.8 Å². The van der Waals surface area contributed by atoms with E-state index in [-0.39, 0.29) is 10.6 Å². The zero-order valence-corrected chi connectivity index (χ0v) is 19.8. The Bertz CT molecular complexity index is 1260. The van der Waals surface area contributed by atoms with Gasteiger partial charge in [-0.2, -0.15) is 0 Å². The molecule has 3 aromatic rings. The van der Waals surface area contributed by atoms with Gasteiger partial charge < -0.3 is 14.5 Å². The number of aryl methyl sites for hydroxylation is 1. The van der Waals surface area contributed by atoms with Crippen molar-refractivity contribution < 1.29 is 17.5 Å². The highest BCUT2D eigenvalue weighted by molar-refractivity contribution is 7.92. The molecule has 0 unspecified atom stereocenters. The highest BCUT2D eigenvalue weighted by Gasteiger charge is 2.22. The van der Waals surface area contributed by atoms with E-state index < -0.39 is 15.8 Å². The Morgan fingerprint density at radius 3 is 2.45 bits per heavy atom. The number of methoxy groups -OCH3 is 1. The first-order chi connectivity index (χ1) is 15.8. The maximum Gasteiger partial charge on any atom is 0.262 e. The summed E-state index contributed by atoms with van der Waals surface area (Å²) in [6.07, 6.45) is 1.41. The summed E-state index contributed by atoms with van der Waals surface area (Å²) in [6, 6.07) is 13.2. The highest BCUT2D eigenvalue weighted by Crippen LogP contribution is 2.29. The molecule has 33 heavy (non-hydrogen) atoms. The summed E-state index contributed by atoms with van der Waals surface area (Å²) in [4.78, 5) is 8.55. The third-order valence-corrected chi connectivity index (χ3v) is 7.18. The Balaban J connectivity index is 1.44. The fourth-order valence-corrected chi connectivity index (χ4v) is 4.99. The molecule has 1 fully saturated rings. The van der Waals surface area contributed by atoms with Crippen LogP contribution in [0.5, 0.6) is 5.75 Å². The average molecular weight is 491 g/mol. The normalized spacial score (nSPS) is 14.3. The summed E-state index contributed by atoms with van der Waals surface area (Å²) in [6.45, 7) is 4.53. The first-order valence-electron chi connectivity index (χ1n) is 10.4. The van der Waals surface area contributed by atoms with Crippen LogP contribution in [0.2, 0.25) is 5.02 Å². The van der Waals surface area contributed by atoms with E-state index >= 15 is 0 Å². The molecule has 2 aromatic carbocycles. The largest absolute Gasteiger partial charge is 0.497 e. The van der Waals surface area contributed by atoms with Gasteiger partial charge in [-0.05, 0) is 42.8 Å². The molecule has 2 heterocycles. The van der Waals surface area contributed by atoms with Gasteiger partial charge in [0.25, 0.3) is 10.0 Å². The smallest absolute Gasteiger partial charge is 0.262 e. The molecular weight excluding hydrogens is 467 g/mol. The van der Waals surface area contributed by atoms with Crippen molar-refractivity contribution in [1.29, 1.82) is 0 Å². The number of halogens is 2. The Morgan fingerprint density at radius 2 is 1.79 bits per heavy atom. The number of hydrogen-bond donors (Lipinski definition) is 1.